The van der Waals surface area contributed by atoms with Crippen LogP contribution in [0.1, 0.15) is 30.3 Å². The zero-order valence-electron chi connectivity index (χ0n) is 14.8. The van der Waals surface area contributed by atoms with Gasteiger partial charge >= 0.3 is 0 Å². The summed E-state index contributed by atoms with van der Waals surface area (Å²) >= 11 is 0. The van der Waals surface area contributed by atoms with Crippen molar-refractivity contribution in [2.45, 2.75) is 25.4 Å². The summed E-state index contributed by atoms with van der Waals surface area (Å²) in [4.78, 5) is 18.4. The fourth-order valence-corrected chi connectivity index (χ4v) is 3.52. The molecule has 3 aromatic rings. The van der Waals surface area contributed by atoms with E-state index in [1.165, 1.54) is 6.07 Å². The molecule has 8 heteroatoms. The Bertz CT molecular complexity index is 1050. The number of ether oxygens (including phenoxy) is 2. The average Bonchev–Trinajstić information content (AvgIpc) is 3.43. The van der Waals surface area contributed by atoms with Crippen LogP contribution in [0.5, 0.6) is 11.5 Å². The predicted molar refractivity (Wildman–Crippen MR) is 94.8 cm³/mol. The van der Waals surface area contributed by atoms with E-state index in [9.17, 15) is 9.18 Å². The first-order chi connectivity index (χ1) is 13.7. The summed E-state index contributed by atoms with van der Waals surface area (Å²) < 4.78 is 30.2. The Kier molecular flexibility index (Phi) is 3.96. The molecule has 1 unspecified atom stereocenters. The third-order valence-electron chi connectivity index (χ3n) is 4.98. The largest absolute Gasteiger partial charge is 0.454 e. The minimum atomic E-state index is -0.373. The van der Waals surface area contributed by atoms with Crippen LogP contribution in [-0.4, -0.2) is 27.7 Å². The lowest BCUT2D eigenvalue weighted by Crippen LogP contribution is -2.27. The van der Waals surface area contributed by atoms with Crippen molar-refractivity contribution in [1.29, 1.82) is 0 Å². The highest BCUT2D eigenvalue weighted by Crippen LogP contribution is 2.37. The Hall–Kier alpha value is -3.42. The molecule has 0 aliphatic carbocycles. The standard InChI is InChI=1S/C20H16FN3O4/c21-14-4-2-1-3-13(14)10-24-15(6-8-18(24)25)20-22-19(23-28-20)12-5-7-16-17(9-12)27-11-26-16/h1-5,7,9,15H,6,8,10-11H2. The lowest BCUT2D eigenvalue weighted by Gasteiger charge is -2.22. The number of amides is 1. The highest BCUT2D eigenvalue weighted by atomic mass is 19.1. The molecule has 1 amide bonds. The fourth-order valence-electron chi connectivity index (χ4n) is 3.52. The number of hydrogen-bond donors (Lipinski definition) is 0. The molecule has 0 radical (unpaired) electrons. The second kappa shape index (κ2) is 6.63. The first kappa shape index (κ1) is 16.7. The summed E-state index contributed by atoms with van der Waals surface area (Å²) in [6, 6.07) is 11.4. The maximum absolute atomic E-state index is 14.0. The number of hydrogen-bond acceptors (Lipinski definition) is 6. The molecular weight excluding hydrogens is 365 g/mol. The van der Waals surface area contributed by atoms with E-state index in [-0.39, 0.29) is 31.1 Å². The molecule has 0 saturated carbocycles. The summed E-state index contributed by atoms with van der Waals surface area (Å²) in [6.07, 6.45) is 0.914. The summed E-state index contributed by atoms with van der Waals surface area (Å²) in [7, 11) is 0. The number of nitrogens with zero attached hydrogens (tertiary/aromatic N) is 3. The molecule has 1 fully saturated rings. The number of aromatic nitrogens is 2. The highest BCUT2D eigenvalue weighted by Gasteiger charge is 2.36. The number of likely N-dealkylation sites (tertiary alicyclic amines) is 1. The van der Waals surface area contributed by atoms with Gasteiger partial charge in [-0.1, -0.05) is 23.4 Å². The molecule has 1 saturated heterocycles. The quantitative estimate of drug-likeness (QED) is 0.689. The van der Waals surface area contributed by atoms with Gasteiger partial charge in [-0.25, -0.2) is 4.39 Å². The smallest absolute Gasteiger partial charge is 0.249 e. The van der Waals surface area contributed by atoms with E-state index in [1.807, 2.05) is 6.07 Å². The minimum absolute atomic E-state index is 0.0592. The van der Waals surface area contributed by atoms with E-state index in [4.69, 9.17) is 14.0 Å². The van der Waals surface area contributed by atoms with Crippen LogP contribution in [0.2, 0.25) is 0 Å². The molecule has 142 valence electrons. The highest BCUT2D eigenvalue weighted by molar-refractivity contribution is 5.79. The molecule has 28 heavy (non-hydrogen) atoms. The molecule has 2 aliphatic rings. The number of benzene rings is 2. The average molecular weight is 381 g/mol. The molecule has 0 spiro atoms. The molecule has 0 bridgehead atoms. The Labute approximate surface area is 159 Å². The normalized spacial score (nSPS) is 18.1. The van der Waals surface area contributed by atoms with Crippen molar-refractivity contribution in [2.24, 2.45) is 0 Å². The van der Waals surface area contributed by atoms with Gasteiger partial charge < -0.3 is 18.9 Å². The molecule has 1 aromatic heterocycles. The second-order valence-corrected chi connectivity index (χ2v) is 6.69. The molecule has 5 rings (SSSR count). The van der Waals surface area contributed by atoms with Crippen molar-refractivity contribution in [3.8, 4) is 22.9 Å². The van der Waals surface area contributed by atoms with Gasteiger partial charge in [0, 0.05) is 24.1 Å². The van der Waals surface area contributed by atoms with Crippen LogP contribution in [0.15, 0.2) is 47.0 Å². The van der Waals surface area contributed by atoms with E-state index in [2.05, 4.69) is 10.1 Å². The number of fused-ring (bicyclic) bond motifs is 1. The van der Waals surface area contributed by atoms with Crippen molar-refractivity contribution in [3.05, 3.63) is 59.7 Å². The van der Waals surface area contributed by atoms with Gasteiger partial charge in [-0.3, -0.25) is 4.79 Å². The minimum Gasteiger partial charge on any atom is -0.454 e. The Morgan fingerprint density at radius 2 is 2.00 bits per heavy atom. The summed E-state index contributed by atoms with van der Waals surface area (Å²) in [5, 5.41) is 4.05. The zero-order valence-corrected chi connectivity index (χ0v) is 14.8. The second-order valence-electron chi connectivity index (χ2n) is 6.69. The molecule has 1 atom stereocenters. The molecule has 2 aromatic carbocycles. The lowest BCUT2D eigenvalue weighted by atomic mass is 10.1. The van der Waals surface area contributed by atoms with Crippen molar-refractivity contribution >= 4 is 5.91 Å². The monoisotopic (exact) mass is 381 g/mol. The van der Waals surface area contributed by atoms with Gasteiger partial charge in [0.15, 0.2) is 11.5 Å². The Morgan fingerprint density at radius 3 is 2.89 bits per heavy atom. The number of carbonyl (C=O) groups excluding carboxylic acids is 1. The van der Waals surface area contributed by atoms with Crippen LogP contribution in [0.25, 0.3) is 11.4 Å². The van der Waals surface area contributed by atoms with Gasteiger partial charge in [-0.15, -0.1) is 0 Å². The molecule has 7 nitrogen and oxygen atoms in total. The Morgan fingerprint density at radius 1 is 1.14 bits per heavy atom. The van der Waals surface area contributed by atoms with E-state index in [0.29, 0.717) is 41.6 Å². The number of halogens is 1. The third kappa shape index (κ3) is 2.87. The van der Waals surface area contributed by atoms with Crippen LogP contribution in [0.3, 0.4) is 0 Å². The van der Waals surface area contributed by atoms with Crippen molar-refractivity contribution in [2.75, 3.05) is 6.79 Å². The van der Waals surface area contributed by atoms with Gasteiger partial charge in [0.1, 0.15) is 11.9 Å². The molecule has 3 heterocycles. The summed E-state index contributed by atoms with van der Waals surface area (Å²) in [5.41, 5.74) is 1.18. The van der Waals surface area contributed by atoms with E-state index in [1.54, 1.807) is 35.2 Å². The summed E-state index contributed by atoms with van der Waals surface area (Å²) in [5.74, 6) is 1.64. The summed E-state index contributed by atoms with van der Waals surface area (Å²) in [6.45, 7) is 0.351. The van der Waals surface area contributed by atoms with Crippen molar-refractivity contribution < 1.29 is 23.2 Å². The van der Waals surface area contributed by atoms with Crippen LogP contribution < -0.4 is 9.47 Å². The maximum Gasteiger partial charge on any atom is 0.249 e. The fraction of sp³-hybridized carbons (Fsp3) is 0.250. The van der Waals surface area contributed by atoms with Gasteiger partial charge in [0.25, 0.3) is 0 Å². The SMILES string of the molecule is O=C1CCC(c2nc(-c3ccc4c(c3)OCO4)no2)N1Cc1ccccc1F. The van der Waals surface area contributed by atoms with Gasteiger partial charge in [-0.2, -0.15) is 4.98 Å². The third-order valence-corrected chi connectivity index (χ3v) is 4.98. The first-order valence-corrected chi connectivity index (χ1v) is 8.95. The Balaban J connectivity index is 1.41. The topological polar surface area (TPSA) is 77.7 Å². The predicted octanol–water partition coefficient (Wildman–Crippen LogP) is 3.47. The van der Waals surface area contributed by atoms with Crippen molar-refractivity contribution in [1.82, 2.24) is 15.0 Å². The van der Waals surface area contributed by atoms with E-state index < -0.39 is 0 Å². The molecule has 0 N–H and O–H groups in total. The van der Waals surface area contributed by atoms with E-state index >= 15 is 0 Å². The van der Waals surface area contributed by atoms with Crippen LogP contribution >= 0.6 is 0 Å². The van der Waals surface area contributed by atoms with Crippen molar-refractivity contribution in [3.63, 3.8) is 0 Å². The number of rotatable bonds is 4. The molecular formula is C20H16FN3O4. The van der Waals surface area contributed by atoms with Crippen LogP contribution in [-0.2, 0) is 11.3 Å². The zero-order chi connectivity index (χ0) is 19.1. The lowest BCUT2D eigenvalue weighted by molar-refractivity contribution is -0.130. The van der Waals surface area contributed by atoms with Crippen LogP contribution in [0.4, 0.5) is 4.39 Å². The van der Waals surface area contributed by atoms with Crippen LogP contribution in [0, 0.1) is 5.82 Å². The first-order valence-electron chi connectivity index (χ1n) is 8.95. The number of carbonyl (C=O) groups is 1. The van der Waals surface area contributed by atoms with E-state index in [0.717, 1.165) is 5.56 Å². The maximum atomic E-state index is 14.0. The van der Waals surface area contributed by atoms with Gasteiger partial charge in [-0.05, 0) is 30.7 Å². The van der Waals surface area contributed by atoms with Gasteiger partial charge in [0.05, 0.1) is 0 Å². The van der Waals surface area contributed by atoms with Gasteiger partial charge in [0.2, 0.25) is 24.4 Å². The molecule has 2 aliphatic heterocycles.